The van der Waals surface area contributed by atoms with Crippen LogP contribution in [0.1, 0.15) is 17.7 Å². The maximum Gasteiger partial charge on any atom is 0.264 e. The molecule has 1 aliphatic rings. The first-order chi connectivity index (χ1) is 11.7. The largest absolute Gasteiger partial charge is 0.497 e. The predicted molar refractivity (Wildman–Crippen MR) is 86.1 cm³/mol. The van der Waals surface area contributed by atoms with Gasteiger partial charge < -0.3 is 24.0 Å². The number of carbonyl (C=O) groups excluding carboxylic acids is 1. The van der Waals surface area contributed by atoms with E-state index in [1.165, 1.54) is 0 Å². The third-order valence-corrected chi connectivity index (χ3v) is 3.70. The zero-order chi connectivity index (χ0) is 16.9. The molecule has 0 bridgehead atoms. The maximum absolute atomic E-state index is 12.2. The molecule has 0 aliphatic carbocycles. The second-order valence-corrected chi connectivity index (χ2v) is 5.20. The third kappa shape index (κ3) is 3.34. The maximum atomic E-state index is 12.2. The quantitative estimate of drug-likeness (QED) is 0.877. The van der Waals surface area contributed by atoms with Gasteiger partial charge in [-0.25, -0.2) is 0 Å². The first kappa shape index (κ1) is 15.9. The van der Waals surface area contributed by atoms with E-state index in [2.05, 4.69) is 10.5 Å². The number of amides is 1. The van der Waals surface area contributed by atoms with Crippen molar-refractivity contribution in [2.75, 3.05) is 14.2 Å². The van der Waals surface area contributed by atoms with Gasteiger partial charge in [0.05, 0.1) is 32.7 Å². The molecule has 1 aromatic heterocycles. The Morgan fingerprint density at radius 3 is 2.92 bits per heavy atom. The Kier molecular flexibility index (Phi) is 4.69. The molecule has 1 amide bonds. The molecule has 0 fully saturated rings. The van der Waals surface area contributed by atoms with E-state index in [9.17, 15) is 4.79 Å². The number of carbonyl (C=O) groups is 1. The second-order valence-electron chi connectivity index (χ2n) is 5.20. The highest BCUT2D eigenvalue weighted by atomic mass is 16.6. The number of methoxy groups -OCH3 is 2. The molecule has 2 heterocycles. The Bertz CT molecular complexity index is 739. The van der Waals surface area contributed by atoms with Crippen molar-refractivity contribution in [3.63, 3.8) is 0 Å². The highest BCUT2D eigenvalue weighted by Crippen LogP contribution is 2.28. The van der Waals surface area contributed by atoms with Gasteiger partial charge in [0.25, 0.3) is 5.91 Å². The van der Waals surface area contributed by atoms with E-state index in [-0.39, 0.29) is 5.91 Å². The van der Waals surface area contributed by atoms with Gasteiger partial charge in [-0.1, -0.05) is 5.16 Å². The van der Waals surface area contributed by atoms with Crippen LogP contribution in [0.15, 0.2) is 46.2 Å². The van der Waals surface area contributed by atoms with Crippen molar-refractivity contribution in [1.29, 1.82) is 0 Å². The molecule has 0 saturated carbocycles. The van der Waals surface area contributed by atoms with Gasteiger partial charge in [0.15, 0.2) is 0 Å². The number of ether oxygens (including phenoxy) is 2. The van der Waals surface area contributed by atoms with Crippen LogP contribution in [0, 0.1) is 0 Å². The Hall–Kier alpha value is -2.96. The lowest BCUT2D eigenvalue weighted by Gasteiger charge is -2.10. The van der Waals surface area contributed by atoms with Crippen LogP contribution < -0.4 is 14.8 Å². The normalized spacial score (nSPS) is 16.2. The number of oxime groups is 1. The molecular weight excluding hydrogens is 312 g/mol. The standard InChI is InChI=1S/C17H18N2O5/c1-21-11-5-6-15(22-2)13(8-11)14-9-16(24-19-14)17(20)18-10-12-4-3-7-23-12/h3-8,16H,9-10H2,1-2H3,(H,18,20)/t16-/m0/s1. The van der Waals surface area contributed by atoms with Gasteiger partial charge in [-0.2, -0.15) is 0 Å². The minimum atomic E-state index is -0.675. The molecule has 1 atom stereocenters. The van der Waals surface area contributed by atoms with Crippen LogP contribution in [-0.2, 0) is 16.2 Å². The molecule has 7 heteroatoms. The molecule has 24 heavy (non-hydrogen) atoms. The van der Waals surface area contributed by atoms with E-state index in [4.69, 9.17) is 18.7 Å². The van der Waals surface area contributed by atoms with Crippen LogP contribution in [0.4, 0.5) is 0 Å². The minimum Gasteiger partial charge on any atom is -0.497 e. The molecule has 1 aromatic carbocycles. The van der Waals surface area contributed by atoms with E-state index in [0.717, 1.165) is 5.56 Å². The van der Waals surface area contributed by atoms with Gasteiger partial charge in [0.2, 0.25) is 6.10 Å². The van der Waals surface area contributed by atoms with Crippen LogP contribution in [0.25, 0.3) is 0 Å². The van der Waals surface area contributed by atoms with Crippen LogP contribution in [0.3, 0.4) is 0 Å². The van der Waals surface area contributed by atoms with Gasteiger partial charge in [-0.05, 0) is 30.3 Å². The number of nitrogens with one attached hydrogen (secondary N) is 1. The van der Waals surface area contributed by atoms with E-state index in [1.54, 1.807) is 44.7 Å². The van der Waals surface area contributed by atoms with Crippen molar-refractivity contribution in [2.45, 2.75) is 19.1 Å². The topological polar surface area (TPSA) is 82.3 Å². The summed E-state index contributed by atoms with van der Waals surface area (Å²) in [5, 5.41) is 6.80. The first-order valence-electron chi connectivity index (χ1n) is 7.46. The SMILES string of the molecule is COc1ccc(OC)c(C2=NO[C@H](C(=O)NCc3ccco3)C2)c1. The summed E-state index contributed by atoms with van der Waals surface area (Å²) in [4.78, 5) is 17.5. The van der Waals surface area contributed by atoms with E-state index >= 15 is 0 Å². The Labute approximate surface area is 139 Å². The van der Waals surface area contributed by atoms with Crippen LogP contribution in [0.5, 0.6) is 11.5 Å². The van der Waals surface area contributed by atoms with Gasteiger partial charge in [-0.15, -0.1) is 0 Å². The van der Waals surface area contributed by atoms with E-state index < -0.39 is 6.10 Å². The van der Waals surface area contributed by atoms with Gasteiger partial charge in [0.1, 0.15) is 17.3 Å². The lowest BCUT2D eigenvalue weighted by atomic mass is 10.0. The summed E-state index contributed by atoms with van der Waals surface area (Å²) in [5.74, 6) is 1.76. The van der Waals surface area contributed by atoms with Crippen molar-refractivity contribution in [3.05, 3.63) is 47.9 Å². The molecule has 126 valence electrons. The summed E-state index contributed by atoms with van der Waals surface area (Å²) in [6.07, 6.45) is 1.24. The van der Waals surface area contributed by atoms with Crippen molar-refractivity contribution in [2.24, 2.45) is 5.16 Å². The molecule has 2 aromatic rings. The fraction of sp³-hybridized carbons (Fsp3) is 0.294. The Morgan fingerprint density at radius 1 is 1.33 bits per heavy atom. The van der Waals surface area contributed by atoms with Gasteiger partial charge >= 0.3 is 0 Å². The second kappa shape index (κ2) is 7.08. The molecule has 0 radical (unpaired) electrons. The van der Waals surface area contributed by atoms with E-state index in [0.29, 0.717) is 35.9 Å². The molecule has 0 spiro atoms. The molecule has 1 N–H and O–H groups in total. The van der Waals surface area contributed by atoms with Crippen LogP contribution >= 0.6 is 0 Å². The van der Waals surface area contributed by atoms with Gasteiger partial charge in [0, 0.05) is 12.0 Å². The number of hydrogen-bond acceptors (Lipinski definition) is 6. The summed E-state index contributed by atoms with van der Waals surface area (Å²) in [6, 6.07) is 8.96. The van der Waals surface area contributed by atoms with Crippen LogP contribution in [-0.4, -0.2) is 31.9 Å². The van der Waals surface area contributed by atoms with Gasteiger partial charge in [-0.3, -0.25) is 4.79 Å². The summed E-state index contributed by atoms with van der Waals surface area (Å²) < 4.78 is 15.7. The number of benzene rings is 1. The summed E-state index contributed by atoms with van der Waals surface area (Å²) >= 11 is 0. The lowest BCUT2D eigenvalue weighted by Crippen LogP contribution is -2.34. The number of hydrogen-bond donors (Lipinski definition) is 1. The predicted octanol–water partition coefficient (Wildman–Crippen LogP) is 2.11. The molecule has 7 nitrogen and oxygen atoms in total. The summed E-state index contributed by atoms with van der Waals surface area (Å²) in [6.45, 7) is 0.309. The van der Waals surface area contributed by atoms with Crippen molar-refractivity contribution >= 4 is 11.6 Å². The zero-order valence-electron chi connectivity index (χ0n) is 13.4. The molecule has 0 unspecified atom stereocenters. The number of rotatable bonds is 6. The Morgan fingerprint density at radius 2 is 2.21 bits per heavy atom. The Balaban J connectivity index is 1.65. The highest BCUT2D eigenvalue weighted by Gasteiger charge is 2.30. The highest BCUT2D eigenvalue weighted by molar-refractivity contribution is 6.06. The molecule has 3 rings (SSSR count). The first-order valence-corrected chi connectivity index (χ1v) is 7.46. The van der Waals surface area contributed by atoms with Crippen LogP contribution in [0.2, 0.25) is 0 Å². The fourth-order valence-electron chi connectivity index (χ4n) is 2.42. The minimum absolute atomic E-state index is 0.244. The van der Waals surface area contributed by atoms with Crippen molar-refractivity contribution in [3.8, 4) is 11.5 Å². The summed E-state index contributed by atoms with van der Waals surface area (Å²) in [7, 11) is 3.17. The third-order valence-electron chi connectivity index (χ3n) is 3.70. The lowest BCUT2D eigenvalue weighted by molar-refractivity contribution is -0.131. The monoisotopic (exact) mass is 330 g/mol. The average Bonchev–Trinajstić information content (AvgIpc) is 3.30. The molecule has 1 aliphatic heterocycles. The molecular formula is C17H18N2O5. The average molecular weight is 330 g/mol. The number of furan rings is 1. The van der Waals surface area contributed by atoms with Crippen molar-refractivity contribution in [1.82, 2.24) is 5.32 Å². The van der Waals surface area contributed by atoms with Crippen molar-refractivity contribution < 1.29 is 23.5 Å². The number of nitrogens with zero attached hydrogens (tertiary/aromatic N) is 1. The smallest absolute Gasteiger partial charge is 0.264 e. The summed E-state index contributed by atoms with van der Waals surface area (Å²) in [5.41, 5.74) is 1.39. The van der Waals surface area contributed by atoms with E-state index in [1.807, 2.05) is 6.07 Å². The zero-order valence-corrected chi connectivity index (χ0v) is 13.4. The fourth-order valence-corrected chi connectivity index (χ4v) is 2.42. The molecule has 0 saturated heterocycles.